The number of rotatable bonds is 6. The topological polar surface area (TPSA) is 39.9 Å². The molecule has 0 bridgehead atoms. The third kappa shape index (κ3) is 3.47. The van der Waals surface area contributed by atoms with E-state index in [2.05, 4.69) is 41.8 Å². The molecule has 2 rings (SSSR count). The Morgan fingerprint density at radius 3 is 2.90 bits per heavy atom. The molecule has 2 aromatic rings. The smallest absolute Gasteiger partial charge is 0.158 e. The van der Waals surface area contributed by atoms with Crippen molar-refractivity contribution in [2.24, 2.45) is 7.05 Å². The van der Waals surface area contributed by atoms with Crippen LogP contribution in [0.5, 0.6) is 0 Å². The van der Waals surface area contributed by atoms with Crippen LogP contribution in [0.3, 0.4) is 0 Å². The number of hydrogen-bond donors (Lipinski definition) is 0. The van der Waals surface area contributed by atoms with Gasteiger partial charge in [-0.25, -0.2) is 9.67 Å². The molecule has 1 aromatic heterocycles. The highest BCUT2D eigenvalue weighted by atomic mass is 16.5. The minimum atomic E-state index is 0.656. The van der Waals surface area contributed by atoms with Gasteiger partial charge in [-0.05, 0) is 19.9 Å². The van der Waals surface area contributed by atoms with Gasteiger partial charge in [-0.1, -0.05) is 30.3 Å². The normalized spacial score (nSPS) is 10.6. The number of nitrogens with zero attached hydrogens (tertiary/aromatic N) is 3. The summed E-state index contributed by atoms with van der Waals surface area (Å²) in [5.74, 6) is 2.51. The van der Waals surface area contributed by atoms with E-state index in [-0.39, 0.29) is 0 Å². The largest absolute Gasteiger partial charge is 0.499 e. The third-order valence-corrected chi connectivity index (χ3v) is 3.06. The first-order valence-electron chi connectivity index (χ1n) is 6.87. The van der Waals surface area contributed by atoms with Crippen LogP contribution in [0.25, 0.3) is 11.4 Å². The van der Waals surface area contributed by atoms with E-state index in [0.717, 1.165) is 35.8 Å². The highest BCUT2D eigenvalue weighted by molar-refractivity contribution is 5.56. The van der Waals surface area contributed by atoms with E-state index in [4.69, 9.17) is 4.74 Å². The summed E-state index contributed by atoms with van der Waals surface area (Å²) in [6, 6.07) is 8.29. The summed E-state index contributed by atoms with van der Waals surface area (Å²) >= 11 is 0. The van der Waals surface area contributed by atoms with E-state index < -0.39 is 0 Å². The first-order valence-corrected chi connectivity index (χ1v) is 6.87. The Bertz CT molecular complexity index is 602. The van der Waals surface area contributed by atoms with E-state index in [9.17, 15) is 0 Å². The molecule has 0 radical (unpaired) electrons. The molecular weight excluding hydrogens is 250 g/mol. The lowest BCUT2D eigenvalue weighted by Gasteiger charge is -2.03. The molecule has 0 saturated heterocycles. The summed E-state index contributed by atoms with van der Waals surface area (Å²) in [5.41, 5.74) is 2.31. The molecule has 20 heavy (non-hydrogen) atoms. The van der Waals surface area contributed by atoms with Gasteiger partial charge in [-0.15, -0.1) is 0 Å². The lowest BCUT2D eigenvalue weighted by molar-refractivity contribution is 0.220. The van der Waals surface area contributed by atoms with Crippen molar-refractivity contribution in [2.45, 2.75) is 26.7 Å². The minimum absolute atomic E-state index is 0.656. The summed E-state index contributed by atoms with van der Waals surface area (Å²) in [7, 11) is 1.92. The maximum atomic E-state index is 5.34. The fourth-order valence-corrected chi connectivity index (χ4v) is 2.11. The Hall–Kier alpha value is -2.10. The molecule has 0 aliphatic heterocycles. The maximum absolute atomic E-state index is 5.34. The predicted molar refractivity (Wildman–Crippen MR) is 80.3 cm³/mol. The van der Waals surface area contributed by atoms with Gasteiger partial charge in [0.2, 0.25) is 0 Å². The van der Waals surface area contributed by atoms with Gasteiger partial charge in [-0.3, -0.25) is 0 Å². The highest BCUT2D eigenvalue weighted by Crippen LogP contribution is 2.18. The monoisotopic (exact) mass is 271 g/mol. The molecule has 1 heterocycles. The van der Waals surface area contributed by atoms with Crippen molar-refractivity contribution in [1.29, 1.82) is 0 Å². The van der Waals surface area contributed by atoms with E-state index in [1.54, 1.807) is 0 Å². The van der Waals surface area contributed by atoms with E-state index in [1.165, 1.54) is 5.56 Å². The Labute approximate surface area is 120 Å². The summed E-state index contributed by atoms with van der Waals surface area (Å²) in [4.78, 5) is 4.61. The van der Waals surface area contributed by atoms with Crippen LogP contribution in [0.2, 0.25) is 0 Å². The van der Waals surface area contributed by atoms with Crippen LogP contribution in [0.4, 0.5) is 0 Å². The van der Waals surface area contributed by atoms with Crippen molar-refractivity contribution < 1.29 is 4.74 Å². The molecule has 0 unspecified atom stereocenters. The summed E-state index contributed by atoms with van der Waals surface area (Å²) in [5, 5.41) is 4.46. The predicted octanol–water partition coefficient (Wildman–Crippen LogP) is 3.27. The molecule has 0 spiro atoms. The molecule has 4 heteroatoms. The van der Waals surface area contributed by atoms with Crippen molar-refractivity contribution in [1.82, 2.24) is 14.8 Å². The molecule has 0 amide bonds. The average molecular weight is 271 g/mol. The lowest BCUT2D eigenvalue weighted by atomic mass is 10.1. The first-order chi connectivity index (χ1) is 9.60. The quantitative estimate of drug-likeness (QED) is 0.757. The van der Waals surface area contributed by atoms with Gasteiger partial charge >= 0.3 is 0 Å². The zero-order chi connectivity index (χ0) is 14.5. The molecule has 0 atom stereocenters. The lowest BCUT2D eigenvalue weighted by Crippen LogP contribution is -1.96. The van der Waals surface area contributed by atoms with Crippen LogP contribution in [-0.2, 0) is 18.2 Å². The van der Waals surface area contributed by atoms with Gasteiger partial charge in [0.1, 0.15) is 0 Å². The zero-order valence-electron chi connectivity index (χ0n) is 12.4. The van der Waals surface area contributed by atoms with Crippen molar-refractivity contribution in [3.05, 3.63) is 48.0 Å². The van der Waals surface area contributed by atoms with Crippen molar-refractivity contribution in [3.63, 3.8) is 0 Å². The fourth-order valence-electron chi connectivity index (χ4n) is 2.11. The first kappa shape index (κ1) is 14.3. The molecular formula is C16H21N3O. The van der Waals surface area contributed by atoms with Gasteiger partial charge < -0.3 is 4.74 Å². The number of hydrogen-bond acceptors (Lipinski definition) is 3. The van der Waals surface area contributed by atoms with Gasteiger partial charge in [0.05, 0.1) is 12.4 Å². The molecule has 4 nitrogen and oxygen atoms in total. The second-order valence-electron chi connectivity index (χ2n) is 4.82. The van der Waals surface area contributed by atoms with Gasteiger partial charge in [0.15, 0.2) is 11.6 Å². The van der Waals surface area contributed by atoms with Gasteiger partial charge in [0, 0.05) is 25.5 Å². The van der Waals surface area contributed by atoms with Crippen LogP contribution in [0.15, 0.2) is 36.6 Å². The standard InChI is InChI=1S/C16H21N3O/c1-5-20-13(3)9-10-15-17-16(19(4)18-15)14-8-6-7-12(2)11-14/h6-8,11H,3,5,9-10H2,1-2,4H3. The van der Waals surface area contributed by atoms with E-state index in [0.29, 0.717) is 6.61 Å². The Kier molecular flexibility index (Phi) is 4.56. The van der Waals surface area contributed by atoms with Crippen molar-refractivity contribution in [3.8, 4) is 11.4 Å². The molecule has 0 N–H and O–H groups in total. The minimum Gasteiger partial charge on any atom is -0.499 e. The van der Waals surface area contributed by atoms with E-state index in [1.807, 2.05) is 24.7 Å². The summed E-state index contributed by atoms with van der Waals surface area (Å²) in [6.07, 6.45) is 1.50. The average Bonchev–Trinajstić information content (AvgIpc) is 2.78. The van der Waals surface area contributed by atoms with E-state index >= 15 is 0 Å². The Morgan fingerprint density at radius 2 is 2.20 bits per heavy atom. The van der Waals surface area contributed by atoms with Crippen LogP contribution in [-0.4, -0.2) is 21.4 Å². The van der Waals surface area contributed by atoms with Crippen LogP contribution in [0, 0.1) is 6.92 Å². The van der Waals surface area contributed by atoms with Gasteiger partial charge in [0.25, 0.3) is 0 Å². The highest BCUT2D eigenvalue weighted by Gasteiger charge is 2.10. The molecule has 0 aliphatic rings. The second kappa shape index (κ2) is 6.37. The second-order valence-corrected chi connectivity index (χ2v) is 4.82. The maximum Gasteiger partial charge on any atom is 0.158 e. The number of allylic oxidation sites excluding steroid dienone is 1. The van der Waals surface area contributed by atoms with Crippen LogP contribution >= 0.6 is 0 Å². The summed E-state index contributed by atoms with van der Waals surface area (Å²) < 4.78 is 7.17. The fraction of sp³-hybridized carbons (Fsp3) is 0.375. The number of benzene rings is 1. The van der Waals surface area contributed by atoms with Crippen molar-refractivity contribution in [2.75, 3.05) is 6.61 Å². The molecule has 0 aliphatic carbocycles. The SMILES string of the molecule is C=C(CCc1nc(-c2cccc(C)c2)n(C)n1)OCC. The molecule has 0 saturated carbocycles. The van der Waals surface area contributed by atoms with Crippen LogP contribution < -0.4 is 0 Å². The van der Waals surface area contributed by atoms with Gasteiger partial charge in [-0.2, -0.15) is 5.10 Å². The Balaban J connectivity index is 2.12. The molecule has 0 fully saturated rings. The van der Waals surface area contributed by atoms with Crippen LogP contribution in [0.1, 0.15) is 24.7 Å². The number of aromatic nitrogens is 3. The zero-order valence-corrected chi connectivity index (χ0v) is 12.4. The van der Waals surface area contributed by atoms with Crippen molar-refractivity contribution >= 4 is 0 Å². The third-order valence-electron chi connectivity index (χ3n) is 3.06. The molecule has 106 valence electrons. The molecule has 1 aromatic carbocycles. The number of aryl methyl sites for hydroxylation is 3. The number of ether oxygens (including phenoxy) is 1. The Morgan fingerprint density at radius 1 is 1.40 bits per heavy atom. The summed E-state index contributed by atoms with van der Waals surface area (Å²) in [6.45, 7) is 8.56.